The first kappa shape index (κ1) is 21.8. The summed E-state index contributed by atoms with van der Waals surface area (Å²) in [5.41, 5.74) is 7.17. The van der Waals surface area contributed by atoms with E-state index in [0.717, 1.165) is 0 Å². The summed E-state index contributed by atoms with van der Waals surface area (Å²) in [5, 5.41) is 32.5. The average molecular weight is 438 g/mol. The smallest absolute Gasteiger partial charge is 0.140 e. The molecule has 1 heterocycles. The number of nitriles is 2. The first-order valence-corrected chi connectivity index (χ1v) is 9.51. The molecule has 0 aliphatic carbocycles. The lowest BCUT2D eigenvalue weighted by Gasteiger charge is -2.09. The van der Waals surface area contributed by atoms with E-state index in [0.29, 0.717) is 11.3 Å². The first-order valence-electron chi connectivity index (χ1n) is 9.13. The van der Waals surface area contributed by atoms with Gasteiger partial charge >= 0.3 is 0 Å². The zero-order valence-corrected chi connectivity index (χ0v) is 17.0. The molecular weight excluding hydrogens is 421 g/mol. The number of hydrogen-bond donors (Lipinski definition) is 2. The summed E-state index contributed by atoms with van der Waals surface area (Å²) in [7, 11) is 0. The summed E-state index contributed by atoms with van der Waals surface area (Å²) in [4.78, 5) is 0. The molecule has 0 atom stereocenters. The van der Waals surface area contributed by atoms with Gasteiger partial charge in [-0.15, -0.1) is 0 Å². The van der Waals surface area contributed by atoms with E-state index in [1.165, 1.54) is 16.8 Å². The third-order valence-corrected chi connectivity index (χ3v) is 4.78. The summed E-state index contributed by atoms with van der Waals surface area (Å²) in [5.74, 6) is 0.131. The van der Waals surface area contributed by atoms with Crippen LogP contribution in [0.4, 0.5) is 10.2 Å². The lowest BCUT2D eigenvalue weighted by atomic mass is 10.1. The fourth-order valence-electron chi connectivity index (χ4n) is 2.85. The SMILES string of the molecule is N#C/C(=C\c1ccc(OCc2c(F)cccc2Cl)cc1)c1nn(CCO)c(N)c1C#N. The highest BCUT2D eigenvalue weighted by atomic mass is 35.5. The Hall–Kier alpha value is -3.85. The van der Waals surface area contributed by atoms with Gasteiger partial charge in [-0.3, -0.25) is 0 Å². The predicted octanol–water partition coefficient (Wildman–Crippen LogP) is 3.76. The molecule has 7 nitrogen and oxygen atoms in total. The Morgan fingerprint density at radius 3 is 2.61 bits per heavy atom. The van der Waals surface area contributed by atoms with Crippen LogP contribution in [0.1, 0.15) is 22.4 Å². The molecule has 0 fully saturated rings. The van der Waals surface area contributed by atoms with Crippen molar-refractivity contribution in [1.82, 2.24) is 9.78 Å². The number of ether oxygens (including phenoxy) is 1. The van der Waals surface area contributed by atoms with E-state index in [2.05, 4.69) is 5.10 Å². The van der Waals surface area contributed by atoms with Gasteiger partial charge in [0.1, 0.15) is 47.4 Å². The van der Waals surface area contributed by atoms with Crippen molar-refractivity contribution in [2.75, 3.05) is 12.3 Å². The normalized spacial score (nSPS) is 11.1. The van der Waals surface area contributed by atoms with Crippen molar-refractivity contribution >= 4 is 29.1 Å². The molecule has 3 rings (SSSR count). The number of rotatable bonds is 7. The van der Waals surface area contributed by atoms with Crippen molar-refractivity contribution < 1.29 is 14.2 Å². The first-order chi connectivity index (χ1) is 15.0. The molecule has 0 saturated heterocycles. The second kappa shape index (κ2) is 9.77. The minimum absolute atomic E-state index is 0.0305. The van der Waals surface area contributed by atoms with Gasteiger partial charge in [-0.2, -0.15) is 15.6 Å². The monoisotopic (exact) mass is 437 g/mol. The molecule has 9 heteroatoms. The van der Waals surface area contributed by atoms with Crippen LogP contribution in [0.5, 0.6) is 5.75 Å². The number of nitrogens with zero attached hydrogens (tertiary/aromatic N) is 4. The topological polar surface area (TPSA) is 121 Å². The third-order valence-electron chi connectivity index (χ3n) is 4.43. The van der Waals surface area contributed by atoms with Gasteiger partial charge in [0.25, 0.3) is 0 Å². The molecule has 156 valence electrons. The van der Waals surface area contributed by atoms with E-state index in [4.69, 9.17) is 27.2 Å². The molecule has 0 radical (unpaired) electrons. The van der Waals surface area contributed by atoms with Crippen LogP contribution < -0.4 is 10.5 Å². The van der Waals surface area contributed by atoms with Crippen LogP contribution in [0.25, 0.3) is 11.6 Å². The van der Waals surface area contributed by atoms with Gasteiger partial charge in [-0.1, -0.05) is 29.8 Å². The van der Waals surface area contributed by atoms with E-state index in [-0.39, 0.29) is 53.0 Å². The molecule has 0 aliphatic heterocycles. The van der Waals surface area contributed by atoms with Crippen LogP contribution in [0.3, 0.4) is 0 Å². The summed E-state index contributed by atoms with van der Waals surface area (Å²) in [6.45, 7) is -0.129. The molecule has 1 aromatic heterocycles. The van der Waals surface area contributed by atoms with Crippen LogP contribution in [0.2, 0.25) is 5.02 Å². The van der Waals surface area contributed by atoms with Crippen LogP contribution in [0, 0.1) is 28.5 Å². The van der Waals surface area contributed by atoms with Crippen molar-refractivity contribution in [1.29, 1.82) is 10.5 Å². The Kier molecular flexibility index (Phi) is 6.88. The molecule has 0 amide bonds. The van der Waals surface area contributed by atoms with Crippen LogP contribution >= 0.6 is 11.6 Å². The summed E-state index contributed by atoms with van der Waals surface area (Å²) in [6, 6.07) is 15.1. The van der Waals surface area contributed by atoms with Crippen LogP contribution in [-0.4, -0.2) is 21.5 Å². The van der Waals surface area contributed by atoms with Crippen molar-refractivity contribution in [2.45, 2.75) is 13.2 Å². The number of nitrogen functional groups attached to an aromatic ring is 1. The third kappa shape index (κ3) is 4.84. The van der Waals surface area contributed by atoms with Gasteiger partial charge in [-0.25, -0.2) is 9.07 Å². The number of nitrogens with two attached hydrogens (primary N) is 1. The largest absolute Gasteiger partial charge is 0.489 e. The van der Waals surface area contributed by atoms with Crippen molar-refractivity contribution in [2.24, 2.45) is 0 Å². The maximum atomic E-state index is 13.8. The molecule has 0 unspecified atom stereocenters. The summed E-state index contributed by atoms with van der Waals surface area (Å²) >= 11 is 6.00. The molecule has 0 spiro atoms. The zero-order valence-electron chi connectivity index (χ0n) is 16.2. The Bertz CT molecular complexity index is 1190. The standard InChI is InChI=1S/C22H17ClFN5O2/c23-19-2-1-3-20(24)18(19)13-31-16-6-4-14(5-7-16)10-15(11-25)21-17(12-26)22(27)29(28-21)8-9-30/h1-7,10,30H,8-9,13,27H2/b15-10+. The van der Waals surface area contributed by atoms with Crippen molar-refractivity contribution in [3.05, 3.63) is 75.7 Å². The summed E-state index contributed by atoms with van der Waals surface area (Å²) in [6.07, 6.45) is 1.56. The minimum Gasteiger partial charge on any atom is -0.489 e. The Balaban J connectivity index is 1.81. The maximum absolute atomic E-state index is 13.8. The lowest BCUT2D eigenvalue weighted by molar-refractivity contribution is 0.270. The van der Waals surface area contributed by atoms with E-state index in [1.807, 2.05) is 12.1 Å². The molecule has 31 heavy (non-hydrogen) atoms. The quantitative estimate of drug-likeness (QED) is 0.543. The van der Waals surface area contributed by atoms with Gasteiger partial charge in [-0.05, 0) is 35.9 Å². The second-order valence-electron chi connectivity index (χ2n) is 6.40. The highest BCUT2D eigenvalue weighted by Gasteiger charge is 2.18. The molecule has 3 N–H and O–H groups in total. The Morgan fingerprint density at radius 1 is 1.26 bits per heavy atom. The Morgan fingerprint density at radius 2 is 2.00 bits per heavy atom. The predicted molar refractivity (Wildman–Crippen MR) is 114 cm³/mol. The highest BCUT2D eigenvalue weighted by molar-refractivity contribution is 6.31. The van der Waals surface area contributed by atoms with Gasteiger partial charge in [0.2, 0.25) is 0 Å². The van der Waals surface area contributed by atoms with Crippen molar-refractivity contribution in [3.63, 3.8) is 0 Å². The number of halogens is 2. The molecule has 0 bridgehead atoms. The second-order valence-corrected chi connectivity index (χ2v) is 6.80. The number of benzene rings is 2. The van der Waals surface area contributed by atoms with Crippen LogP contribution in [-0.2, 0) is 13.2 Å². The molecular formula is C22H17ClFN5O2. The van der Waals surface area contributed by atoms with E-state index in [1.54, 1.807) is 36.4 Å². The van der Waals surface area contributed by atoms with Gasteiger partial charge in [0.05, 0.1) is 23.7 Å². The van der Waals surface area contributed by atoms with Crippen molar-refractivity contribution in [3.8, 4) is 17.9 Å². The fourth-order valence-corrected chi connectivity index (χ4v) is 3.06. The molecule has 3 aromatic rings. The van der Waals surface area contributed by atoms with E-state index < -0.39 is 5.82 Å². The average Bonchev–Trinajstić information content (AvgIpc) is 3.08. The van der Waals surface area contributed by atoms with E-state index >= 15 is 0 Å². The summed E-state index contributed by atoms with van der Waals surface area (Å²) < 4.78 is 20.7. The Labute approximate surface area is 183 Å². The molecule has 0 saturated carbocycles. The number of aliphatic hydroxyl groups is 1. The fraction of sp³-hybridized carbons (Fsp3) is 0.136. The van der Waals surface area contributed by atoms with Gasteiger partial charge in [0.15, 0.2) is 0 Å². The molecule has 2 aromatic carbocycles. The highest BCUT2D eigenvalue weighted by Crippen LogP contribution is 2.26. The number of hydrogen-bond acceptors (Lipinski definition) is 6. The number of aromatic nitrogens is 2. The molecule has 0 aliphatic rings. The zero-order chi connectivity index (χ0) is 22.4. The number of aliphatic hydroxyl groups excluding tert-OH is 1. The van der Waals surface area contributed by atoms with Crippen LogP contribution in [0.15, 0.2) is 42.5 Å². The number of anilines is 1. The maximum Gasteiger partial charge on any atom is 0.140 e. The number of allylic oxidation sites excluding steroid dienone is 1. The van der Waals surface area contributed by atoms with E-state index in [9.17, 15) is 14.9 Å². The van der Waals surface area contributed by atoms with Gasteiger partial charge in [0, 0.05) is 5.56 Å². The van der Waals surface area contributed by atoms with Gasteiger partial charge < -0.3 is 15.6 Å². The minimum atomic E-state index is -0.445. The lowest BCUT2D eigenvalue weighted by Crippen LogP contribution is -2.07.